The molecule has 4 nitrogen and oxygen atoms in total. The summed E-state index contributed by atoms with van der Waals surface area (Å²) in [4.78, 5) is 13.7. The van der Waals surface area contributed by atoms with E-state index in [0.29, 0.717) is 31.0 Å². The fourth-order valence-electron chi connectivity index (χ4n) is 1.84. The Morgan fingerprint density at radius 2 is 2.19 bits per heavy atom. The van der Waals surface area contributed by atoms with Crippen molar-refractivity contribution in [3.05, 3.63) is 45.1 Å². The van der Waals surface area contributed by atoms with Gasteiger partial charge in [-0.3, -0.25) is 4.79 Å². The first kappa shape index (κ1) is 15.9. The molecule has 1 amide bonds. The van der Waals surface area contributed by atoms with Crippen molar-refractivity contribution >= 4 is 38.9 Å². The maximum atomic E-state index is 12.0. The number of nitrogens with zero attached hydrogens (tertiary/aromatic N) is 1. The highest BCUT2D eigenvalue weighted by Crippen LogP contribution is 2.22. The van der Waals surface area contributed by atoms with E-state index in [4.69, 9.17) is 10.5 Å². The zero-order valence-electron chi connectivity index (χ0n) is 11.7. The largest absolute Gasteiger partial charge is 0.491 e. The van der Waals surface area contributed by atoms with E-state index in [2.05, 4.69) is 15.9 Å². The third kappa shape index (κ3) is 4.75. The summed E-state index contributed by atoms with van der Waals surface area (Å²) in [6.45, 7) is 0.930. The summed E-state index contributed by atoms with van der Waals surface area (Å²) in [6, 6.07) is 9.30. The molecule has 0 radical (unpaired) electrons. The van der Waals surface area contributed by atoms with Crippen molar-refractivity contribution in [2.75, 3.05) is 19.4 Å². The third-order valence-electron chi connectivity index (χ3n) is 2.96. The van der Waals surface area contributed by atoms with Crippen LogP contribution in [0.15, 0.2) is 39.5 Å². The van der Waals surface area contributed by atoms with Crippen LogP contribution in [0.25, 0.3) is 0 Å². The molecule has 0 saturated heterocycles. The molecule has 0 aliphatic heterocycles. The minimum atomic E-state index is 0.0480. The number of carbonyl (C=O) groups is 1. The fourth-order valence-corrected chi connectivity index (χ4v) is 3.04. The molecule has 0 fully saturated rings. The number of anilines is 1. The van der Waals surface area contributed by atoms with Crippen LogP contribution in [0.4, 0.5) is 5.69 Å². The summed E-state index contributed by atoms with van der Waals surface area (Å²) in [5.74, 6) is 0.668. The monoisotopic (exact) mass is 368 g/mol. The topological polar surface area (TPSA) is 55.6 Å². The number of thiophene rings is 1. The number of amides is 1. The molecule has 0 aliphatic carbocycles. The number of nitrogens with two attached hydrogens (primary N) is 1. The molecule has 2 N–H and O–H groups in total. The summed E-state index contributed by atoms with van der Waals surface area (Å²) >= 11 is 5.03. The van der Waals surface area contributed by atoms with Gasteiger partial charge in [0, 0.05) is 13.6 Å². The summed E-state index contributed by atoms with van der Waals surface area (Å²) in [6.07, 6.45) is 0.330. The van der Waals surface area contributed by atoms with Crippen LogP contribution in [0.3, 0.4) is 0 Å². The Morgan fingerprint density at radius 3 is 2.86 bits per heavy atom. The standard InChI is InChI=1S/C15H17BrN2O2S/c1-18(9-11-8-14(16)21-10-11)15(19)6-7-20-13-5-3-2-4-12(13)17/h2-5,8,10H,6-7,9,17H2,1H3. The van der Waals surface area contributed by atoms with Crippen molar-refractivity contribution in [3.8, 4) is 5.75 Å². The van der Waals surface area contributed by atoms with Crippen LogP contribution in [-0.2, 0) is 11.3 Å². The number of halogens is 1. The second-order valence-electron chi connectivity index (χ2n) is 4.65. The van der Waals surface area contributed by atoms with E-state index in [9.17, 15) is 4.79 Å². The predicted octanol–water partition coefficient (Wildman–Crippen LogP) is 3.52. The van der Waals surface area contributed by atoms with Gasteiger partial charge in [-0.25, -0.2) is 0 Å². The summed E-state index contributed by atoms with van der Waals surface area (Å²) in [7, 11) is 1.80. The SMILES string of the molecule is CN(Cc1csc(Br)c1)C(=O)CCOc1ccccc1N. The minimum absolute atomic E-state index is 0.0480. The Balaban J connectivity index is 1.77. The van der Waals surface area contributed by atoms with Gasteiger partial charge in [0.15, 0.2) is 0 Å². The normalized spacial score (nSPS) is 10.4. The van der Waals surface area contributed by atoms with Gasteiger partial charge < -0.3 is 15.4 Å². The van der Waals surface area contributed by atoms with Gasteiger partial charge in [-0.15, -0.1) is 11.3 Å². The van der Waals surface area contributed by atoms with E-state index in [1.165, 1.54) is 0 Å². The zero-order valence-corrected chi connectivity index (χ0v) is 14.1. The fraction of sp³-hybridized carbons (Fsp3) is 0.267. The first-order valence-corrected chi connectivity index (χ1v) is 8.17. The van der Waals surface area contributed by atoms with E-state index in [-0.39, 0.29) is 5.91 Å². The van der Waals surface area contributed by atoms with Gasteiger partial charge in [0.25, 0.3) is 0 Å². The first-order chi connectivity index (χ1) is 10.1. The predicted molar refractivity (Wildman–Crippen MR) is 89.5 cm³/mol. The molecule has 0 atom stereocenters. The van der Waals surface area contributed by atoms with Crippen LogP contribution in [0, 0.1) is 0 Å². The summed E-state index contributed by atoms with van der Waals surface area (Å²) in [5.41, 5.74) is 7.48. The molecule has 2 rings (SSSR count). The summed E-state index contributed by atoms with van der Waals surface area (Å²) < 4.78 is 6.60. The Bertz CT molecular complexity index is 615. The second-order valence-corrected chi connectivity index (χ2v) is 6.94. The van der Waals surface area contributed by atoms with E-state index >= 15 is 0 Å². The van der Waals surface area contributed by atoms with Gasteiger partial charge in [0.05, 0.1) is 22.5 Å². The molecule has 0 bridgehead atoms. The average molecular weight is 369 g/mol. The molecule has 1 heterocycles. The molecule has 6 heteroatoms. The van der Waals surface area contributed by atoms with Gasteiger partial charge in [0.2, 0.25) is 5.91 Å². The lowest BCUT2D eigenvalue weighted by molar-refractivity contribution is -0.130. The highest BCUT2D eigenvalue weighted by atomic mass is 79.9. The molecule has 2 aromatic rings. The van der Waals surface area contributed by atoms with Crippen molar-refractivity contribution in [2.24, 2.45) is 0 Å². The number of hydrogen-bond donors (Lipinski definition) is 1. The molecule has 0 spiro atoms. The van der Waals surface area contributed by atoms with Crippen LogP contribution in [0.5, 0.6) is 5.75 Å². The molecular weight excluding hydrogens is 352 g/mol. The molecule has 0 unspecified atom stereocenters. The van der Waals surface area contributed by atoms with Crippen LogP contribution in [0.1, 0.15) is 12.0 Å². The maximum absolute atomic E-state index is 12.0. The number of rotatable bonds is 6. The first-order valence-electron chi connectivity index (χ1n) is 6.50. The maximum Gasteiger partial charge on any atom is 0.226 e. The average Bonchev–Trinajstić information content (AvgIpc) is 2.86. The minimum Gasteiger partial charge on any atom is -0.491 e. The Hall–Kier alpha value is -1.53. The van der Waals surface area contributed by atoms with Crippen LogP contribution >= 0.6 is 27.3 Å². The van der Waals surface area contributed by atoms with Crippen molar-refractivity contribution in [1.29, 1.82) is 0 Å². The van der Waals surface area contributed by atoms with E-state index in [0.717, 1.165) is 9.35 Å². The van der Waals surface area contributed by atoms with E-state index in [1.807, 2.05) is 23.6 Å². The highest BCUT2D eigenvalue weighted by molar-refractivity contribution is 9.11. The van der Waals surface area contributed by atoms with Gasteiger partial charge in [-0.05, 0) is 45.1 Å². The Kier molecular flexibility index (Phi) is 5.64. The molecule has 0 aliphatic rings. The third-order valence-corrected chi connectivity index (χ3v) is 4.51. The second kappa shape index (κ2) is 7.47. The van der Waals surface area contributed by atoms with E-state index < -0.39 is 0 Å². The number of para-hydroxylation sites is 2. The quantitative estimate of drug-likeness (QED) is 0.793. The number of ether oxygens (including phenoxy) is 1. The number of carbonyl (C=O) groups excluding carboxylic acids is 1. The van der Waals surface area contributed by atoms with Crippen LogP contribution < -0.4 is 10.5 Å². The van der Waals surface area contributed by atoms with Crippen molar-refractivity contribution in [3.63, 3.8) is 0 Å². The smallest absolute Gasteiger partial charge is 0.226 e. The molecule has 21 heavy (non-hydrogen) atoms. The van der Waals surface area contributed by atoms with Crippen molar-refractivity contribution in [1.82, 2.24) is 4.90 Å². The van der Waals surface area contributed by atoms with Crippen molar-refractivity contribution < 1.29 is 9.53 Å². The van der Waals surface area contributed by atoms with Crippen LogP contribution in [-0.4, -0.2) is 24.5 Å². The number of benzene rings is 1. The van der Waals surface area contributed by atoms with Gasteiger partial charge in [0.1, 0.15) is 5.75 Å². The summed E-state index contributed by atoms with van der Waals surface area (Å²) in [5, 5.41) is 2.04. The Labute approximate surface area is 136 Å². The lowest BCUT2D eigenvalue weighted by atomic mass is 10.3. The van der Waals surface area contributed by atoms with Gasteiger partial charge in [-0.2, -0.15) is 0 Å². The van der Waals surface area contributed by atoms with E-state index in [1.54, 1.807) is 35.4 Å². The van der Waals surface area contributed by atoms with Crippen molar-refractivity contribution in [2.45, 2.75) is 13.0 Å². The lowest BCUT2D eigenvalue weighted by Gasteiger charge is -2.16. The lowest BCUT2D eigenvalue weighted by Crippen LogP contribution is -2.27. The molecule has 1 aromatic heterocycles. The highest BCUT2D eigenvalue weighted by Gasteiger charge is 2.10. The number of hydrogen-bond acceptors (Lipinski definition) is 4. The molecule has 0 saturated carbocycles. The molecular formula is C15H17BrN2O2S. The number of nitrogen functional groups attached to an aromatic ring is 1. The van der Waals surface area contributed by atoms with Gasteiger partial charge in [-0.1, -0.05) is 12.1 Å². The molecule has 112 valence electrons. The molecule has 1 aromatic carbocycles. The van der Waals surface area contributed by atoms with Crippen LogP contribution in [0.2, 0.25) is 0 Å². The Morgan fingerprint density at radius 1 is 1.43 bits per heavy atom. The van der Waals surface area contributed by atoms with Gasteiger partial charge >= 0.3 is 0 Å². The zero-order chi connectivity index (χ0) is 15.2.